The molecule has 2 aliphatic heterocycles. The van der Waals surface area contributed by atoms with Crippen molar-refractivity contribution in [3.05, 3.63) is 34.9 Å². The van der Waals surface area contributed by atoms with Crippen LogP contribution in [0.15, 0.2) is 24.3 Å². The first-order chi connectivity index (χ1) is 8.65. The molecule has 2 atom stereocenters. The summed E-state index contributed by atoms with van der Waals surface area (Å²) in [5.41, 5.74) is 0.774. The third-order valence-electron chi connectivity index (χ3n) is 4.58. The summed E-state index contributed by atoms with van der Waals surface area (Å²) in [7, 11) is 2.20. The van der Waals surface area contributed by atoms with Crippen LogP contribution in [0, 0.1) is 5.92 Å². The maximum absolute atomic E-state index is 12.5. The second-order valence-electron chi connectivity index (χ2n) is 5.59. The van der Waals surface area contributed by atoms with Crippen molar-refractivity contribution in [2.75, 3.05) is 7.05 Å². The third-order valence-corrected chi connectivity index (χ3v) is 4.81. The fourth-order valence-electron chi connectivity index (χ4n) is 3.50. The molecular formula is C15H18ClNO. The fourth-order valence-corrected chi connectivity index (χ4v) is 3.69. The highest BCUT2D eigenvalue weighted by molar-refractivity contribution is 6.31. The average molecular weight is 264 g/mol. The zero-order chi connectivity index (χ0) is 12.7. The van der Waals surface area contributed by atoms with Crippen molar-refractivity contribution in [2.24, 2.45) is 5.92 Å². The summed E-state index contributed by atoms with van der Waals surface area (Å²) in [6, 6.07) is 8.57. The van der Waals surface area contributed by atoms with Crippen molar-refractivity contribution < 1.29 is 4.79 Å². The zero-order valence-corrected chi connectivity index (χ0v) is 11.4. The van der Waals surface area contributed by atoms with Crippen molar-refractivity contribution in [3.8, 4) is 0 Å². The highest BCUT2D eigenvalue weighted by atomic mass is 35.5. The van der Waals surface area contributed by atoms with Gasteiger partial charge in [-0.2, -0.15) is 0 Å². The molecule has 2 saturated heterocycles. The predicted molar refractivity (Wildman–Crippen MR) is 73.1 cm³/mol. The Labute approximate surface area is 113 Å². The largest absolute Gasteiger partial charge is 0.300 e. The van der Waals surface area contributed by atoms with Crippen molar-refractivity contribution in [1.82, 2.24) is 4.90 Å². The minimum Gasteiger partial charge on any atom is -0.300 e. The first kappa shape index (κ1) is 12.2. The van der Waals surface area contributed by atoms with Crippen LogP contribution in [0.25, 0.3) is 0 Å². The number of fused-ring (bicyclic) bond motifs is 2. The van der Waals surface area contributed by atoms with E-state index in [1.807, 2.05) is 18.2 Å². The summed E-state index contributed by atoms with van der Waals surface area (Å²) in [6.45, 7) is 0. The molecule has 3 heteroatoms. The van der Waals surface area contributed by atoms with Gasteiger partial charge in [0.25, 0.3) is 0 Å². The molecule has 0 aromatic heterocycles. The van der Waals surface area contributed by atoms with E-state index >= 15 is 0 Å². The Morgan fingerprint density at radius 1 is 1.28 bits per heavy atom. The van der Waals surface area contributed by atoms with Crippen molar-refractivity contribution in [2.45, 2.75) is 37.8 Å². The topological polar surface area (TPSA) is 20.3 Å². The molecule has 0 saturated carbocycles. The van der Waals surface area contributed by atoms with Gasteiger partial charge in [-0.25, -0.2) is 0 Å². The molecule has 0 radical (unpaired) electrons. The van der Waals surface area contributed by atoms with Gasteiger partial charge < -0.3 is 4.90 Å². The molecular weight excluding hydrogens is 246 g/mol. The molecule has 2 nitrogen and oxygen atoms in total. The van der Waals surface area contributed by atoms with Gasteiger partial charge in [0, 0.05) is 28.6 Å². The molecule has 2 bridgehead atoms. The molecule has 3 rings (SSSR count). The van der Waals surface area contributed by atoms with E-state index in [1.165, 1.54) is 12.8 Å². The van der Waals surface area contributed by atoms with Crippen LogP contribution in [-0.2, 0) is 0 Å². The van der Waals surface area contributed by atoms with Crippen LogP contribution in [0.4, 0.5) is 0 Å². The number of hydrogen-bond acceptors (Lipinski definition) is 2. The van der Waals surface area contributed by atoms with Gasteiger partial charge in [0.15, 0.2) is 5.78 Å². The molecule has 0 amide bonds. The fraction of sp³-hybridized carbons (Fsp3) is 0.533. The molecule has 1 aromatic rings. The molecule has 18 heavy (non-hydrogen) atoms. The number of rotatable bonds is 2. The molecule has 2 unspecified atom stereocenters. The van der Waals surface area contributed by atoms with Gasteiger partial charge in [-0.15, -0.1) is 0 Å². The highest BCUT2D eigenvalue weighted by Crippen LogP contribution is 2.38. The van der Waals surface area contributed by atoms with Gasteiger partial charge in [0.2, 0.25) is 0 Å². The van der Waals surface area contributed by atoms with E-state index in [0.717, 1.165) is 18.4 Å². The summed E-state index contributed by atoms with van der Waals surface area (Å²) in [5.74, 6) is 0.472. The third kappa shape index (κ3) is 2.08. The molecule has 0 aliphatic carbocycles. The Morgan fingerprint density at radius 3 is 2.56 bits per heavy atom. The number of benzene rings is 1. The zero-order valence-electron chi connectivity index (χ0n) is 10.6. The number of carbonyl (C=O) groups excluding carboxylic acids is 1. The van der Waals surface area contributed by atoms with E-state index in [2.05, 4.69) is 11.9 Å². The molecule has 96 valence electrons. The number of halogens is 1. The van der Waals surface area contributed by atoms with Crippen LogP contribution >= 0.6 is 11.6 Å². The molecule has 2 heterocycles. The monoisotopic (exact) mass is 263 g/mol. The summed E-state index contributed by atoms with van der Waals surface area (Å²) < 4.78 is 0. The number of carbonyl (C=O) groups is 1. The van der Waals surface area contributed by atoms with Gasteiger partial charge in [-0.3, -0.25) is 4.79 Å². The molecule has 2 aliphatic rings. The van der Waals surface area contributed by atoms with Gasteiger partial charge in [-0.1, -0.05) is 23.7 Å². The van der Waals surface area contributed by atoms with Gasteiger partial charge in [0.1, 0.15) is 0 Å². The average Bonchev–Trinajstić information content (AvgIpc) is 2.61. The van der Waals surface area contributed by atoms with Gasteiger partial charge in [0.05, 0.1) is 0 Å². The first-order valence-corrected chi connectivity index (χ1v) is 7.04. The second kappa shape index (κ2) is 4.67. The smallest absolute Gasteiger partial charge is 0.166 e. The van der Waals surface area contributed by atoms with Crippen LogP contribution in [0.3, 0.4) is 0 Å². The van der Waals surface area contributed by atoms with Crippen LogP contribution in [-0.4, -0.2) is 29.8 Å². The lowest BCUT2D eigenvalue weighted by Crippen LogP contribution is -2.42. The Hall–Kier alpha value is -0.860. The highest BCUT2D eigenvalue weighted by Gasteiger charge is 2.40. The summed E-state index contributed by atoms with van der Waals surface area (Å²) >= 11 is 5.96. The van der Waals surface area contributed by atoms with Crippen LogP contribution in [0.1, 0.15) is 36.0 Å². The Bertz CT molecular complexity index is 459. The van der Waals surface area contributed by atoms with Crippen LogP contribution < -0.4 is 0 Å². The van der Waals surface area contributed by atoms with E-state index in [-0.39, 0.29) is 11.7 Å². The van der Waals surface area contributed by atoms with Crippen LogP contribution in [0.2, 0.25) is 5.02 Å². The normalized spacial score (nSPS) is 31.6. The molecule has 0 spiro atoms. The Balaban J connectivity index is 1.78. The van der Waals surface area contributed by atoms with Gasteiger partial charge in [-0.05, 0) is 44.9 Å². The van der Waals surface area contributed by atoms with Crippen molar-refractivity contribution in [3.63, 3.8) is 0 Å². The number of nitrogens with zero attached hydrogens (tertiary/aromatic N) is 1. The van der Waals surface area contributed by atoms with E-state index in [4.69, 9.17) is 11.6 Å². The predicted octanol–water partition coefficient (Wildman–Crippen LogP) is 3.40. The van der Waals surface area contributed by atoms with Crippen molar-refractivity contribution in [1.29, 1.82) is 0 Å². The van der Waals surface area contributed by atoms with E-state index in [0.29, 0.717) is 17.1 Å². The minimum absolute atomic E-state index is 0.192. The molecule has 1 aromatic carbocycles. The van der Waals surface area contributed by atoms with Gasteiger partial charge >= 0.3 is 0 Å². The summed E-state index contributed by atoms with van der Waals surface area (Å²) in [5, 5.41) is 0.650. The number of hydrogen-bond donors (Lipinski definition) is 0. The van der Waals surface area contributed by atoms with Crippen LogP contribution in [0.5, 0.6) is 0 Å². The Kier molecular flexibility index (Phi) is 3.16. The van der Waals surface area contributed by atoms with Crippen molar-refractivity contribution >= 4 is 17.4 Å². The van der Waals surface area contributed by atoms with E-state index < -0.39 is 0 Å². The number of piperidine rings is 1. The SMILES string of the molecule is CN1C2CCC1CC(C(=O)c1cccc(Cl)c1)C2. The quantitative estimate of drug-likeness (QED) is 0.763. The van der Waals surface area contributed by atoms with E-state index in [9.17, 15) is 4.79 Å². The second-order valence-corrected chi connectivity index (χ2v) is 6.03. The lowest BCUT2D eigenvalue weighted by atomic mass is 9.85. The lowest BCUT2D eigenvalue weighted by molar-refractivity contribution is 0.0767. The summed E-state index contributed by atoms with van der Waals surface area (Å²) in [4.78, 5) is 15.0. The minimum atomic E-state index is 0.192. The standard InChI is InChI=1S/C15H18ClNO/c1-17-13-5-6-14(17)9-11(8-13)15(18)10-3-2-4-12(16)7-10/h2-4,7,11,13-14H,5-6,8-9H2,1H3. The molecule has 2 fully saturated rings. The number of ketones is 1. The first-order valence-electron chi connectivity index (χ1n) is 6.67. The van der Waals surface area contributed by atoms with E-state index in [1.54, 1.807) is 6.07 Å². The molecule has 0 N–H and O–H groups in total. The number of Topliss-reactive ketones (excluding diaryl/α,β-unsaturated/α-hetero) is 1. The maximum Gasteiger partial charge on any atom is 0.166 e. The lowest BCUT2D eigenvalue weighted by Gasteiger charge is -2.35. The maximum atomic E-state index is 12.5. The Morgan fingerprint density at radius 2 is 1.94 bits per heavy atom. The summed E-state index contributed by atoms with van der Waals surface area (Å²) in [6.07, 6.45) is 4.53.